The maximum Gasteiger partial charge on any atom is 0.0659 e. The predicted octanol–water partition coefficient (Wildman–Crippen LogP) is 6.18. The van der Waals surface area contributed by atoms with E-state index in [9.17, 15) is 0 Å². The topological polar surface area (TPSA) is 57.4 Å². The molecule has 2 N–H and O–H groups in total. The van der Waals surface area contributed by atoms with Crippen molar-refractivity contribution in [2.75, 3.05) is 0 Å². The van der Waals surface area contributed by atoms with E-state index in [4.69, 9.17) is 1.37 Å². The van der Waals surface area contributed by atoms with Crippen molar-refractivity contribution in [3.8, 4) is 0 Å². The standard InChI is InChI=1S/C20H12Br2N4/c21-17-7-15-6-13-2-1-11(23-13)5-12-3-4-14(24-12)9-19-18(22)8-16(26-19)10-20(17)25-15/h1-10,25-26H/i7D. The third-order valence-corrected chi connectivity index (χ3v) is 5.40. The van der Waals surface area contributed by atoms with E-state index >= 15 is 0 Å². The van der Waals surface area contributed by atoms with Crippen molar-refractivity contribution in [3.63, 3.8) is 0 Å². The Morgan fingerprint density at radius 3 is 1.96 bits per heavy atom. The Morgan fingerprint density at radius 2 is 1.23 bits per heavy atom. The van der Waals surface area contributed by atoms with Crippen molar-refractivity contribution in [1.82, 2.24) is 19.9 Å². The molecule has 26 heavy (non-hydrogen) atoms. The van der Waals surface area contributed by atoms with E-state index in [2.05, 4.69) is 51.8 Å². The van der Waals surface area contributed by atoms with Crippen molar-refractivity contribution in [2.24, 2.45) is 0 Å². The summed E-state index contributed by atoms with van der Waals surface area (Å²) in [5.41, 5.74) is 6.75. The molecule has 2 aliphatic rings. The third-order valence-electron chi connectivity index (χ3n) is 4.11. The van der Waals surface area contributed by atoms with E-state index < -0.39 is 0 Å². The number of aromatic nitrogens is 4. The molecule has 3 aromatic rings. The summed E-state index contributed by atoms with van der Waals surface area (Å²) in [4.78, 5) is 15.9. The SMILES string of the molecule is [2H]c1c(Br)c2cc3cc(Br)c(cc4nc(cc5nc(cc1[nH]2)C=C5)C=C4)[nH]3. The molecule has 4 nitrogen and oxygen atoms in total. The van der Waals surface area contributed by atoms with Gasteiger partial charge in [0.15, 0.2) is 0 Å². The van der Waals surface area contributed by atoms with Crippen molar-refractivity contribution in [2.45, 2.75) is 0 Å². The molecule has 8 bridgehead atoms. The summed E-state index contributed by atoms with van der Waals surface area (Å²) in [6.07, 6.45) is 7.84. The number of fused-ring (bicyclic) bond motifs is 8. The lowest BCUT2D eigenvalue weighted by Gasteiger charge is -1.86. The molecule has 0 saturated carbocycles. The number of hydrogen-bond donors (Lipinski definition) is 2. The van der Waals surface area contributed by atoms with Crippen LogP contribution in [0.4, 0.5) is 0 Å². The summed E-state index contributed by atoms with van der Waals surface area (Å²) in [5, 5.41) is 0. The second-order valence-electron chi connectivity index (χ2n) is 6.04. The van der Waals surface area contributed by atoms with Crippen LogP contribution in [0.25, 0.3) is 46.4 Å². The van der Waals surface area contributed by atoms with E-state index in [1.165, 1.54) is 0 Å². The molecule has 0 atom stereocenters. The molecule has 0 aromatic carbocycles. The van der Waals surface area contributed by atoms with Gasteiger partial charge in [-0.15, -0.1) is 0 Å². The lowest BCUT2D eigenvalue weighted by Crippen LogP contribution is -1.77. The zero-order chi connectivity index (χ0) is 18.5. The number of H-pyrrole nitrogens is 2. The maximum absolute atomic E-state index is 8.36. The maximum atomic E-state index is 8.36. The van der Waals surface area contributed by atoms with E-state index in [1.54, 1.807) is 0 Å². The Hall–Kier alpha value is -2.44. The molecule has 0 unspecified atom stereocenters. The normalized spacial score (nSPS) is 13.2. The van der Waals surface area contributed by atoms with Crippen LogP contribution in [0.2, 0.25) is 0 Å². The van der Waals surface area contributed by atoms with Crippen LogP contribution in [0.15, 0.2) is 45.3 Å². The average Bonchev–Trinajstić information content (AvgIpc) is 3.38. The highest BCUT2D eigenvalue weighted by Gasteiger charge is 2.04. The van der Waals surface area contributed by atoms with Gasteiger partial charge in [0.1, 0.15) is 0 Å². The van der Waals surface area contributed by atoms with Gasteiger partial charge in [-0.3, -0.25) is 0 Å². The molecular weight excluding hydrogens is 456 g/mol. The Kier molecular flexibility index (Phi) is 3.43. The van der Waals surface area contributed by atoms with E-state index in [1.807, 2.05) is 54.6 Å². The summed E-state index contributed by atoms with van der Waals surface area (Å²) < 4.78 is 10.0. The number of rotatable bonds is 0. The fraction of sp³-hybridized carbons (Fsp3) is 0. The smallest absolute Gasteiger partial charge is 0.0659 e. The summed E-state index contributed by atoms with van der Waals surface area (Å²) in [6.45, 7) is 0. The molecule has 5 rings (SSSR count). The van der Waals surface area contributed by atoms with Gasteiger partial charge in [-0.1, -0.05) is 0 Å². The summed E-state index contributed by atoms with van der Waals surface area (Å²) in [5.74, 6) is 0. The molecular formula is C20H12Br2N4. The van der Waals surface area contributed by atoms with Gasteiger partial charge in [0.05, 0.1) is 35.2 Å². The first-order chi connectivity index (χ1) is 13.0. The lowest BCUT2D eigenvalue weighted by molar-refractivity contribution is 1.28. The largest absolute Gasteiger partial charge is 0.354 e. The first-order valence-corrected chi connectivity index (χ1v) is 9.57. The zero-order valence-electron chi connectivity index (χ0n) is 14.3. The molecule has 2 aliphatic heterocycles. The lowest BCUT2D eigenvalue weighted by atomic mass is 10.3. The van der Waals surface area contributed by atoms with Crippen LogP contribution in [-0.4, -0.2) is 19.9 Å². The van der Waals surface area contributed by atoms with Gasteiger partial charge in [0.25, 0.3) is 0 Å². The molecule has 6 heteroatoms. The number of aromatic amines is 2. The molecule has 0 amide bonds. The average molecular weight is 469 g/mol. The van der Waals surface area contributed by atoms with Gasteiger partial charge in [0.2, 0.25) is 0 Å². The minimum Gasteiger partial charge on any atom is -0.354 e. The van der Waals surface area contributed by atoms with Crippen molar-refractivity contribution >= 4 is 78.2 Å². The highest BCUT2D eigenvalue weighted by Crippen LogP contribution is 2.25. The van der Waals surface area contributed by atoms with Crippen LogP contribution in [0, 0.1) is 0 Å². The summed E-state index contributed by atoms with van der Waals surface area (Å²) >= 11 is 7.12. The van der Waals surface area contributed by atoms with Crippen molar-refractivity contribution < 1.29 is 1.37 Å². The molecule has 0 fully saturated rings. The third kappa shape index (κ3) is 2.95. The Labute approximate surface area is 167 Å². The fourth-order valence-corrected chi connectivity index (χ4v) is 3.84. The molecule has 126 valence electrons. The van der Waals surface area contributed by atoms with Crippen LogP contribution < -0.4 is 0 Å². The second kappa shape index (κ2) is 6.07. The minimum atomic E-state index is 0.401. The highest BCUT2D eigenvalue weighted by atomic mass is 79.9. The van der Waals surface area contributed by atoms with E-state index in [0.717, 1.165) is 48.3 Å². The molecule has 5 heterocycles. The summed E-state index contributed by atoms with van der Waals surface area (Å²) in [7, 11) is 0. The number of nitrogens with zero attached hydrogens (tertiary/aromatic N) is 2. The van der Waals surface area contributed by atoms with Gasteiger partial charge in [0, 0.05) is 20.0 Å². The van der Waals surface area contributed by atoms with Gasteiger partial charge >= 0.3 is 0 Å². The van der Waals surface area contributed by atoms with Gasteiger partial charge in [-0.2, -0.15) is 0 Å². The molecule has 0 radical (unpaired) electrons. The fourth-order valence-electron chi connectivity index (χ4n) is 2.95. The van der Waals surface area contributed by atoms with Gasteiger partial charge in [-0.05, 0) is 92.5 Å². The number of nitrogens with one attached hydrogen (secondary N) is 2. The molecule has 0 aliphatic carbocycles. The Balaban J connectivity index is 1.91. The van der Waals surface area contributed by atoms with Crippen LogP contribution in [0.5, 0.6) is 0 Å². The van der Waals surface area contributed by atoms with Gasteiger partial charge in [-0.25, -0.2) is 9.97 Å². The van der Waals surface area contributed by atoms with Crippen LogP contribution in [0.1, 0.15) is 24.1 Å². The van der Waals surface area contributed by atoms with Crippen LogP contribution >= 0.6 is 31.9 Å². The van der Waals surface area contributed by atoms with Crippen molar-refractivity contribution in [3.05, 3.63) is 68.1 Å². The molecule has 0 saturated heterocycles. The van der Waals surface area contributed by atoms with E-state index in [0.29, 0.717) is 11.6 Å². The van der Waals surface area contributed by atoms with Crippen LogP contribution in [0.3, 0.4) is 0 Å². The first kappa shape index (κ1) is 14.7. The number of hydrogen-bond acceptors (Lipinski definition) is 2. The first-order valence-electron chi connectivity index (χ1n) is 8.48. The van der Waals surface area contributed by atoms with Crippen molar-refractivity contribution in [1.29, 1.82) is 0 Å². The molecule has 3 aromatic heterocycles. The predicted molar refractivity (Wildman–Crippen MR) is 114 cm³/mol. The number of halogens is 2. The van der Waals surface area contributed by atoms with Crippen LogP contribution in [-0.2, 0) is 0 Å². The summed E-state index contributed by atoms with van der Waals surface area (Å²) in [6, 6.07) is 10.2. The Bertz CT molecular complexity index is 1310. The Morgan fingerprint density at radius 1 is 0.654 bits per heavy atom. The molecule has 0 spiro atoms. The van der Waals surface area contributed by atoms with Gasteiger partial charge < -0.3 is 9.97 Å². The quantitative estimate of drug-likeness (QED) is 0.285. The minimum absolute atomic E-state index is 0.401. The zero-order valence-corrected chi connectivity index (χ0v) is 16.5. The monoisotopic (exact) mass is 467 g/mol. The highest BCUT2D eigenvalue weighted by molar-refractivity contribution is 9.11. The second-order valence-corrected chi connectivity index (χ2v) is 7.69. The van der Waals surface area contributed by atoms with E-state index in [-0.39, 0.29) is 0 Å².